The zero-order valence-electron chi connectivity index (χ0n) is 14.0. The molecule has 2 rings (SSSR count). The van der Waals surface area contributed by atoms with E-state index in [0.29, 0.717) is 10.6 Å². The number of rotatable bonds is 7. The molecular formula is C17H17ClFN3O4S. The summed E-state index contributed by atoms with van der Waals surface area (Å²) in [6.07, 6.45) is 0.204. The van der Waals surface area contributed by atoms with E-state index in [1.165, 1.54) is 12.1 Å². The SMILES string of the molecule is O=C(CCCNS(=O)(=O)c1ccc(F)cc1)NNC(=O)c1ccc(Cl)cc1. The Hall–Kier alpha value is -2.49. The number of amides is 2. The average Bonchev–Trinajstić information content (AvgIpc) is 2.64. The van der Waals surface area contributed by atoms with E-state index in [9.17, 15) is 22.4 Å². The molecule has 0 radical (unpaired) electrons. The second kappa shape index (κ2) is 9.45. The van der Waals surface area contributed by atoms with Crippen molar-refractivity contribution in [2.75, 3.05) is 6.54 Å². The van der Waals surface area contributed by atoms with Crippen LogP contribution in [0.25, 0.3) is 0 Å². The molecule has 3 N–H and O–H groups in total. The van der Waals surface area contributed by atoms with Gasteiger partial charge in [0.1, 0.15) is 5.82 Å². The van der Waals surface area contributed by atoms with Crippen LogP contribution < -0.4 is 15.6 Å². The molecule has 0 fully saturated rings. The quantitative estimate of drug-likeness (QED) is 0.477. The number of halogens is 2. The molecule has 0 aliphatic heterocycles. The number of benzene rings is 2. The first-order valence-corrected chi connectivity index (χ1v) is 9.74. The predicted octanol–water partition coefficient (Wildman–Crippen LogP) is 2.00. The van der Waals surface area contributed by atoms with Crippen LogP contribution in [0.2, 0.25) is 5.02 Å². The molecule has 10 heteroatoms. The minimum Gasteiger partial charge on any atom is -0.273 e. The molecule has 2 amide bonds. The summed E-state index contributed by atoms with van der Waals surface area (Å²) in [5.41, 5.74) is 4.82. The molecule has 144 valence electrons. The zero-order chi connectivity index (χ0) is 19.9. The molecular weight excluding hydrogens is 397 g/mol. The number of sulfonamides is 1. The summed E-state index contributed by atoms with van der Waals surface area (Å²) in [7, 11) is -3.77. The Bertz CT molecular complexity index is 903. The molecule has 27 heavy (non-hydrogen) atoms. The topological polar surface area (TPSA) is 104 Å². The van der Waals surface area contributed by atoms with Gasteiger partial charge in [-0.05, 0) is 55.0 Å². The highest BCUT2D eigenvalue weighted by Gasteiger charge is 2.13. The summed E-state index contributed by atoms with van der Waals surface area (Å²) in [5, 5.41) is 0.485. The fourth-order valence-corrected chi connectivity index (χ4v) is 3.22. The molecule has 0 heterocycles. The van der Waals surface area contributed by atoms with Crippen LogP contribution in [0.4, 0.5) is 4.39 Å². The van der Waals surface area contributed by atoms with Crippen LogP contribution in [0.1, 0.15) is 23.2 Å². The van der Waals surface area contributed by atoms with Gasteiger partial charge in [0.25, 0.3) is 5.91 Å². The van der Waals surface area contributed by atoms with Gasteiger partial charge >= 0.3 is 0 Å². The first kappa shape index (κ1) is 20.8. The van der Waals surface area contributed by atoms with Crippen LogP contribution in [0.15, 0.2) is 53.4 Å². The first-order valence-electron chi connectivity index (χ1n) is 7.88. The van der Waals surface area contributed by atoms with E-state index in [-0.39, 0.29) is 24.3 Å². The van der Waals surface area contributed by atoms with Crippen molar-refractivity contribution in [3.05, 3.63) is 64.9 Å². The maximum absolute atomic E-state index is 12.8. The van der Waals surface area contributed by atoms with Gasteiger partial charge in [-0.25, -0.2) is 17.5 Å². The van der Waals surface area contributed by atoms with E-state index in [0.717, 1.165) is 24.3 Å². The fourth-order valence-electron chi connectivity index (χ4n) is 2.01. The summed E-state index contributed by atoms with van der Waals surface area (Å²) in [5.74, 6) is -1.51. The minimum atomic E-state index is -3.77. The van der Waals surface area contributed by atoms with Crippen molar-refractivity contribution >= 4 is 33.4 Å². The minimum absolute atomic E-state index is 0.00711. The fraction of sp³-hybridized carbons (Fsp3) is 0.176. The van der Waals surface area contributed by atoms with E-state index in [2.05, 4.69) is 15.6 Å². The summed E-state index contributed by atoms with van der Waals surface area (Å²) in [6.45, 7) is 0.0122. The van der Waals surface area contributed by atoms with Gasteiger partial charge < -0.3 is 0 Å². The van der Waals surface area contributed by atoms with Crippen molar-refractivity contribution in [2.24, 2.45) is 0 Å². The summed E-state index contributed by atoms with van der Waals surface area (Å²) < 4.78 is 39.1. The Labute approximate surface area is 160 Å². The van der Waals surface area contributed by atoms with E-state index in [4.69, 9.17) is 11.6 Å². The van der Waals surface area contributed by atoms with Gasteiger partial charge in [0.05, 0.1) is 4.90 Å². The number of nitrogens with one attached hydrogen (secondary N) is 3. The number of carbonyl (C=O) groups excluding carboxylic acids is 2. The smallest absolute Gasteiger partial charge is 0.269 e. The molecule has 0 atom stereocenters. The Morgan fingerprint density at radius 1 is 0.963 bits per heavy atom. The van der Waals surface area contributed by atoms with Gasteiger partial charge in [0.2, 0.25) is 15.9 Å². The molecule has 2 aromatic carbocycles. The molecule has 2 aromatic rings. The standard InChI is InChI=1S/C17H17ClFN3O4S/c18-13-5-3-12(4-6-13)17(24)22-21-16(23)2-1-11-20-27(25,26)15-9-7-14(19)8-10-15/h3-10,20H,1-2,11H2,(H,21,23)(H,22,24). The lowest BCUT2D eigenvalue weighted by molar-refractivity contribution is -0.121. The molecule has 0 saturated carbocycles. The molecule has 0 spiro atoms. The van der Waals surface area contributed by atoms with Crippen LogP contribution >= 0.6 is 11.6 Å². The third-order valence-electron chi connectivity index (χ3n) is 3.42. The van der Waals surface area contributed by atoms with Gasteiger partial charge in [-0.2, -0.15) is 0 Å². The van der Waals surface area contributed by atoms with Crippen molar-refractivity contribution < 1.29 is 22.4 Å². The Morgan fingerprint density at radius 2 is 1.59 bits per heavy atom. The van der Waals surface area contributed by atoms with E-state index >= 15 is 0 Å². The molecule has 0 aromatic heterocycles. The largest absolute Gasteiger partial charge is 0.273 e. The van der Waals surface area contributed by atoms with Crippen molar-refractivity contribution in [3.8, 4) is 0 Å². The molecule has 7 nitrogen and oxygen atoms in total. The highest BCUT2D eigenvalue weighted by atomic mass is 35.5. The highest BCUT2D eigenvalue weighted by molar-refractivity contribution is 7.89. The normalized spacial score (nSPS) is 11.0. The third-order valence-corrected chi connectivity index (χ3v) is 5.15. The van der Waals surface area contributed by atoms with Crippen LogP contribution in [0.5, 0.6) is 0 Å². The van der Waals surface area contributed by atoms with Crippen molar-refractivity contribution in [1.29, 1.82) is 0 Å². The lowest BCUT2D eigenvalue weighted by atomic mass is 10.2. The number of hydrazine groups is 1. The molecule has 0 unspecified atom stereocenters. The summed E-state index contributed by atoms with van der Waals surface area (Å²) >= 11 is 5.73. The third kappa shape index (κ3) is 6.63. The molecule has 0 aliphatic carbocycles. The second-order valence-electron chi connectivity index (χ2n) is 5.46. The molecule has 0 aliphatic rings. The first-order chi connectivity index (χ1) is 12.8. The second-order valence-corrected chi connectivity index (χ2v) is 7.67. The van der Waals surface area contributed by atoms with Crippen LogP contribution in [-0.2, 0) is 14.8 Å². The number of hydrogen-bond acceptors (Lipinski definition) is 4. The summed E-state index contributed by atoms with van der Waals surface area (Å²) in [6, 6.07) is 10.5. The zero-order valence-corrected chi connectivity index (χ0v) is 15.6. The van der Waals surface area contributed by atoms with Gasteiger partial charge in [0.15, 0.2) is 0 Å². The van der Waals surface area contributed by atoms with Gasteiger partial charge in [0, 0.05) is 23.6 Å². The predicted molar refractivity (Wildman–Crippen MR) is 97.9 cm³/mol. The van der Waals surface area contributed by atoms with Crippen LogP contribution in [0.3, 0.4) is 0 Å². The maximum Gasteiger partial charge on any atom is 0.269 e. The van der Waals surface area contributed by atoms with Crippen molar-refractivity contribution in [2.45, 2.75) is 17.7 Å². The monoisotopic (exact) mass is 413 g/mol. The van der Waals surface area contributed by atoms with E-state index < -0.39 is 27.7 Å². The molecule has 0 bridgehead atoms. The lowest BCUT2D eigenvalue weighted by Gasteiger charge is -2.08. The van der Waals surface area contributed by atoms with Gasteiger partial charge in [-0.1, -0.05) is 11.6 Å². The van der Waals surface area contributed by atoms with Crippen LogP contribution in [0, 0.1) is 5.82 Å². The highest BCUT2D eigenvalue weighted by Crippen LogP contribution is 2.10. The Balaban J connectivity index is 1.70. The number of hydrogen-bond donors (Lipinski definition) is 3. The van der Waals surface area contributed by atoms with E-state index in [1.807, 2.05) is 0 Å². The Kier molecular flexibility index (Phi) is 7.28. The van der Waals surface area contributed by atoms with Gasteiger partial charge in [-0.3, -0.25) is 20.4 Å². The van der Waals surface area contributed by atoms with E-state index in [1.54, 1.807) is 12.1 Å². The van der Waals surface area contributed by atoms with Gasteiger partial charge in [-0.15, -0.1) is 0 Å². The number of carbonyl (C=O) groups is 2. The Morgan fingerprint density at radius 3 is 2.22 bits per heavy atom. The lowest BCUT2D eigenvalue weighted by Crippen LogP contribution is -2.41. The average molecular weight is 414 g/mol. The van der Waals surface area contributed by atoms with Crippen molar-refractivity contribution in [3.63, 3.8) is 0 Å². The maximum atomic E-state index is 12.8. The van der Waals surface area contributed by atoms with Crippen molar-refractivity contribution in [1.82, 2.24) is 15.6 Å². The molecule has 0 saturated heterocycles. The van der Waals surface area contributed by atoms with Crippen LogP contribution in [-0.4, -0.2) is 26.8 Å². The summed E-state index contributed by atoms with van der Waals surface area (Å²) in [4.78, 5) is 23.4.